The summed E-state index contributed by atoms with van der Waals surface area (Å²) in [6.45, 7) is 2.47. The fraction of sp³-hybridized carbons (Fsp3) is 0.357. The van der Waals surface area contributed by atoms with Crippen LogP contribution >= 0.6 is 0 Å². The molecule has 4 heteroatoms. The maximum absolute atomic E-state index is 9.24. The van der Waals surface area contributed by atoms with Gasteiger partial charge in [0.1, 0.15) is 11.8 Å². The van der Waals surface area contributed by atoms with E-state index in [4.69, 9.17) is 14.2 Å². The molecule has 0 aromatic heterocycles. The SMILES string of the molecule is CCOC1=C(C#N)c2cc(OC)c(OC)cc2C1. The van der Waals surface area contributed by atoms with Crippen molar-refractivity contribution in [3.63, 3.8) is 0 Å². The molecule has 0 saturated carbocycles. The van der Waals surface area contributed by atoms with E-state index in [9.17, 15) is 5.26 Å². The summed E-state index contributed by atoms with van der Waals surface area (Å²) in [7, 11) is 3.18. The number of allylic oxidation sites excluding steroid dienone is 2. The van der Waals surface area contributed by atoms with Crippen LogP contribution in [0.4, 0.5) is 0 Å². The first-order chi connectivity index (χ1) is 8.74. The minimum absolute atomic E-state index is 0.558. The molecular formula is C14H15NO3. The highest BCUT2D eigenvalue weighted by atomic mass is 16.5. The highest BCUT2D eigenvalue weighted by Crippen LogP contribution is 2.40. The zero-order valence-electron chi connectivity index (χ0n) is 10.7. The Morgan fingerprint density at radius 3 is 2.44 bits per heavy atom. The Labute approximate surface area is 106 Å². The van der Waals surface area contributed by atoms with Gasteiger partial charge in [0.2, 0.25) is 0 Å². The van der Waals surface area contributed by atoms with E-state index >= 15 is 0 Å². The maximum atomic E-state index is 9.24. The smallest absolute Gasteiger partial charge is 0.161 e. The lowest BCUT2D eigenvalue weighted by molar-refractivity contribution is 0.227. The van der Waals surface area contributed by atoms with Crippen molar-refractivity contribution in [2.45, 2.75) is 13.3 Å². The summed E-state index contributed by atoms with van der Waals surface area (Å²) < 4.78 is 16.0. The van der Waals surface area contributed by atoms with E-state index in [1.165, 1.54) is 0 Å². The van der Waals surface area contributed by atoms with Gasteiger partial charge in [0.25, 0.3) is 0 Å². The number of rotatable bonds is 4. The largest absolute Gasteiger partial charge is 0.496 e. The van der Waals surface area contributed by atoms with Gasteiger partial charge in [-0.3, -0.25) is 0 Å². The van der Waals surface area contributed by atoms with Crippen molar-refractivity contribution < 1.29 is 14.2 Å². The molecule has 0 N–H and O–H groups in total. The van der Waals surface area contributed by atoms with E-state index < -0.39 is 0 Å². The summed E-state index contributed by atoms with van der Waals surface area (Å²) in [5.74, 6) is 2.03. The summed E-state index contributed by atoms with van der Waals surface area (Å²) in [4.78, 5) is 0. The van der Waals surface area contributed by atoms with Crippen molar-refractivity contribution in [1.82, 2.24) is 0 Å². The molecule has 0 aliphatic heterocycles. The number of benzene rings is 1. The molecule has 0 saturated heterocycles. The van der Waals surface area contributed by atoms with E-state index in [2.05, 4.69) is 6.07 Å². The quantitative estimate of drug-likeness (QED) is 0.818. The van der Waals surface area contributed by atoms with Crippen molar-refractivity contribution in [2.24, 2.45) is 0 Å². The number of hydrogen-bond donors (Lipinski definition) is 0. The van der Waals surface area contributed by atoms with Crippen LogP contribution in [0.25, 0.3) is 5.57 Å². The van der Waals surface area contributed by atoms with E-state index in [1.54, 1.807) is 14.2 Å². The third-order valence-corrected chi connectivity index (χ3v) is 2.94. The maximum Gasteiger partial charge on any atom is 0.161 e. The van der Waals surface area contributed by atoms with Crippen LogP contribution in [0.3, 0.4) is 0 Å². The van der Waals surface area contributed by atoms with Crippen LogP contribution in [-0.2, 0) is 11.2 Å². The molecule has 1 aliphatic rings. The normalized spacial score (nSPS) is 13.0. The summed E-state index contributed by atoms with van der Waals surface area (Å²) >= 11 is 0. The Balaban J connectivity index is 2.51. The lowest BCUT2D eigenvalue weighted by Gasteiger charge is -2.09. The molecule has 0 bridgehead atoms. The van der Waals surface area contributed by atoms with Gasteiger partial charge in [0.05, 0.1) is 26.4 Å². The third kappa shape index (κ3) is 1.88. The standard InChI is InChI=1S/C14H15NO3/c1-4-18-12-5-9-6-13(16-2)14(17-3)7-10(9)11(12)8-15/h6-7H,4-5H2,1-3H3. The van der Waals surface area contributed by atoms with Crippen molar-refractivity contribution >= 4 is 5.57 Å². The van der Waals surface area contributed by atoms with E-state index in [-0.39, 0.29) is 0 Å². The molecule has 4 nitrogen and oxygen atoms in total. The second kappa shape index (κ2) is 5.01. The van der Waals surface area contributed by atoms with Crippen LogP contribution in [0.15, 0.2) is 17.9 Å². The highest BCUT2D eigenvalue weighted by molar-refractivity contribution is 5.85. The van der Waals surface area contributed by atoms with Crippen LogP contribution in [0, 0.1) is 11.3 Å². The second-order valence-electron chi connectivity index (χ2n) is 3.88. The van der Waals surface area contributed by atoms with E-state index in [1.807, 2.05) is 19.1 Å². The Morgan fingerprint density at radius 2 is 1.89 bits per heavy atom. The fourth-order valence-corrected chi connectivity index (χ4v) is 2.13. The van der Waals surface area contributed by atoms with Crippen LogP contribution in [0.1, 0.15) is 18.1 Å². The Kier molecular flexibility index (Phi) is 3.42. The van der Waals surface area contributed by atoms with Gasteiger partial charge in [-0.1, -0.05) is 0 Å². The summed E-state index contributed by atoms with van der Waals surface area (Å²) in [5.41, 5.74) is 2.50. The minimum Gasteiger partial charge on any atom is -0.496 e. The first-order valence-electron chi connectivity index (χ1n) is 5.76. The van der Waals surface area contributed by atoms with Gasteiger partial charge >= 0.3 is 0 Å². The molecule has 0 amide bonds. The second-order valence-corrected chi connectivity index (χ2v) is 3.88. The number of nitrogens with zero attached hydrogens (tertiary/aromatic N) is 1. The highest BCUT2D eigenvalue weighted by Gasteiger charge is 2.25. The van der Waals surface area contributed by atoms with Gasteiger partial charge < -0.3 is 14.2 Å². The van der Waals surface area contributed by atoms with Crippen molar-refractivity contribution in [2.75, 3.05) is 20.8 Å². The summed E-state index contributed by atoms with van der Waals surface area (Å²) in [5, 5.41) is 9.24. The van der Waals surface area contributed by atoms with Crippen molar-refractivity contribution in [1.29, 1.82) is 5.26 Å². The number of hydrogen-bond acceptors (Lipinski definition) is 4. The molecule has 1 aromatic carbocycles. The number of methoxy groups -OCH3 is 2. The molecular weight excluding hydrogens is 230 g/mol. The monoisotopic (exact) mass is 245 g/mol. The van der Waals surface area contributed by atoms with Gasteiger partial charge in [-0.05, 0) is 24.6 Å². The van der Waals surface area contributed by atoms with Gasteiger partial charge in [0.15, 0.2) is 11.5 Å². The molecule has 0 spiro atoms. The number of fused-ring (bicyclic) bond motifs is 1. The minimum atomic E-state index is 0.558. The van der Waals surface area contributed by atoms with Crippen LogP contribution in [0.2, 0.25) is 0 Å². The van der Waals surface area contributed by atoms with Gasteiger partial charge in [0, 0.05) is 12.0 Å². The average Bonchev–Trinajstić information content (AvgIpc) is 2.73. The van der Waals surface area contributed by atoms with Crippen molar-refractivity contribution in [3.05, 3.63) is 29.0 Å². The Morgan fingerprint density at radius 1 is 1.22 bits per heavy atom. The molecule has 94 valence electrons. The zero-order valence-corrected chi connectivity index (χ0v) is 10.7. The molecule has 0 fully saturated rings. The average molecular weight is 245 g/mol. The predicted octanol–water partition coefficient (Wildman–Crippen LogP) is 2.53. The molecule has 0 atom stereocenters. The third-order valence-electron chi connectivity index (χ3n) is 2.94. The molecule has 0 unspecified atom stereocenters. The van der Waals surface area contributed by atoms with Crippen molar-refractivity contribution in [3.8, 4) is 17.6 Å². The number of ether oxygens (including phenoxy) is 3. The van der Waals surface area contributed by atoms with E-state index in [0.29, 0.717) is 30.1 Å². The van der Waals surface area contributed by atoms with Gasteiger partial charge in [-0.2, -0.15) is 5.26 Å². The van der Waals surface area contributed by atoms with Gasteiger partial charge in [-0.25, -0.2) is 0 Å². The predicted molar refractivity (Wildman–Crippen MR) is 67.4 cm³/mol. The summed E-state index contributed by atoms with van der Waals surface area (Å²) in [6.07, 6.45) is 0.631. The zero-order chi connectivity index (χ0) is 13.1. The molecule has 0 heterocycles. The van der Waals surface area contributed by atoms with Crippen LogP contribution < -0.4 is 9.47 Å². The Bertz CT molecular complexity index is 541. The first-order valence-corrected chi connectivity index (χ1v) is 5.76. The molecule has 2 rings (SSSR count). The molecule has 1 aromatic rings. The van der Waals surface area contributed by atoms with Crippen LogP contribution in [-0.4, -0.2) is 20.8 Å². The first kappa shape index (κ1) is 12.3. The van der Waals surface area contributed by atoms with Crippen LogP contribution in [0.5, 0.6) is 11.5 Å². The number of nitriles is 1. The topological polar surface area (TPSA) is 51.5 Å². The molecule has 18 heavy (non-hydrogen) atoms. The molecule has 0 radical (unpaired) electrons. The fourth-order valence-electron chi connectivity index (χ4n) is 2.13. The Hall–Kier alpha value is -2.15. The molecule has 1 aliphatic carbocycles. The lowest BCUT2D eigenvalue weighted by atomic mass is 10.1. The van der Waals surface area contributed by atoms with E-state index in [0.717, 1.165) is 16.9 Å². The van der Waals surface area contributed by atoms with Gasteiger partial charge in [-0.15, -0.1) is 0 Å². The lowest BCUT2D eigenvalue weighted by Crippen LogP contribution is -1.94. The summed E-state index contributed by atoms with van der Waals surface area (Å²) in [6, 6.07) is 5.93.